The largest absolute Gasteiger partial charge is 0.472 e. The van der Waals surface area contributed by atoms with Gasteiger partial charge < -0.3 is 10.1 Å². The van der Waals surface area contributed by atoms with Crippen molar-refractivity contribution in [3.05, 3.63) is 47.2 Å². The van der Waals surface area contributed by atoms with Crippen LogP contribution in [0.25, 0.3) is 0 Å². The van der Waals surface area contributed by atoms with Crippen LogP contribution in [0.5, 0.6) is 5.88 Å². The summed E-state index contributed by atoms with van der Waals surface area (Å²) in [5.41, 5.74) is -0.0230. The van der Waals surface area contributed by atoms with Crippen LogP contribution in [0, 0.1) is 23.7 Å². The first-order valence-electron chi connectivity index (χ1n) is 10.9. The predicted molar refractivity (Wildman–Crippen MR) is 107 cm³/mol. The smallest absolute Gasteiger partial charge is 0.416 e. The Morgan fingerprint density at radius 3 is 2.48 bits per heavy atom. The Morgan fingerprint density at radius 1 is 1.16 bits per heavy atom. The second-order valence-electron chi connectivity index (χ2n) is 9.40. The molecule has 1 aromatic heterocycles. The van der Waals surface area contributed by atoms with Gasteiger partial charge in [-0.3, -0.25) is 4.79 Å². The maximum atomic E-state index is 13.1. The molecule has 0 saturated heterocycles. The van der Waals surface area contributed by atoms with Crippen molar-refractivity contribution in [3.63, 3.8) is 0 Å². The summed E-state index contributed by atoms with van der Waals surface area (Å²) in [6.07, 6.45) is 3.20. The topological polar surface area (TPSA) is 56.2 Å². The first-order chi connectivity index (χ1) is 14.8. The molecule has 4 saturated carbocycles. The van der Waals surface area contributed by atoms with Gasteiger partial charge in [-0.15, -0.1) is 0 Å². The minimum Gasteiger partial charge on any atom is -0.472 e. The number of aryl methyl sites for hydroxylation is 1. The highest BCUT2D eigenvalue weighted by atomic mass is 19.4. The first-order valence-corrected chi connectivity index (χ1v) is 10.9. The number of halogens is 3. The summed E-state index contributed by atoms with van der Waals surface area (Å²) < 4.78 is 46.1. The summed E-state index contributed by atoms with van der Waals surface area (Å²) in [5, 5.41) is 7.38. The zero-order valence-electron chi connectivity index (χ0n) is 17.4. The van der Waals surface area contributed by atoms with E-state index in [9.17, 15) is 18.0 Å². The molecule has 4 bridgehead atoms. The fourth-order valence-electron chi connectivity index (χ4n) is 6.13. The molecule has 2 aromatic rings. The Hall–Kier alpha value is -2.51. The molecule has 0 unspecified atom stereocenters. The van der Waals surface area contributed by atoms with Crippen LogP contribution in [-0.4, -0.2) is 21.7 Å². The van der Waals surface area contributed by atoms with Gasteiger partial charge in [0.2, 0.25) is 5.88 Å². The molecular formula is C23H26F3N3O2. The fourth-order valence-corrected chi connectivity index (χ4v) is 6.13. The van der Waals surface area contributed by atoms with Crippen molar-refractivity contribution in [1.29, 1.82) is 0 Å². The number of carbonyl (C=O) groups excluding carboxylic acids is 1. The van der Waals surface area contributed by atoms with E-state index in [1.165, 1.54) is 49.0 Å². The summed E-state index contributed by atoms with van der Waals surface area (Å²) in [7, 11) is 1.65. The summed E-state index contributed by atoms with van der Waals surface area (Å²) in [6.45, 7) is -0.0816. The van der Waals surface area contributed by atoms with Gasteiger partial charge in [-0.2, -0.15) is 18.3 Å². The van der Waals surface area contributed by atoms with Crippen LogP contribution in [0.15, 0.2) is 30.5 Å². The Labute approximate surface area is 179 Å². The molecule has 1 heterocycles. The molecule has 4 fully saturated rings. The summed E-state index contributed by atoms with van der Waals surface area (Å²) in [4.78, 5) is 13.1. The van der Waals surface area contributed by atoms with Crippen LogP contribution >= 0.6 is 0 Å². The standard InChI is InChI=1S/C23H26F3N3O2/c1-29-22(31-12-13-3-2-4-18(10-13)23(24,25)26)19(11-27-29)21(30)28-20-16-6-14-5-15(8-16)9-17(20)7-14/h2-4,10-11,14-17,20H,5-9,12H2,1H3,(H,28,30). The van der Waals surface area contributed by atoms with Crippen LogP contribution in [0.1, 0.15) is 53.6 Å². The van der Waals surface area contributed by atoms with E-state index in [0.29, 0.717) is 23.0 Å². The average molecular weight is 433 g/mol. The molecular weight excluding hydrogens is 407 g/mol. The van der Waals surface area contributed by atoms with Crippen molar-refractivity contribution >= 4 is 5.91 Å². The minimum absolute atomic E-state index is 0.0816. The van der Waals surface area contributed by atoms with Crippen molar-refractivity contribution in [2.24, 2.45) is 30.7 Å². The SMILES string of the molecule is Cn1ncc(C(=O)NC2C3CC4CC(C3)CC2C4)c1OCc1cccc(C(F)(F)F)c1. The second-order valence-corrected chi connectivity index (χ2v) is 9.40. The number of aromatic nitrogens is 2. The number of amides is 1. The Bertz CT molecular complexity index is 957. The van der Waals surface area contributed by atoms with Gasteiger partial charge in [0.1, 0.15) is 12.2 Å². The monoisotopic (exact) mass is 433 g/mol. The quantitative estimate of drug-likeness (QED) is 0.752. The van der Waals surface area contributed by atoms with Gasteiger partial charge in [0, 0.05) is 13.1 Å². The van der Waals surface area contributed by atoms with E-state index in [1.54, 1.807) is 13.1 Å². The molecule has 1 aromatic carbocycles. The van der Waals surface area contributed by atoms with Crippen molar-refractivity contribution in [1.82, 2.24) is 15.1 Å². The number of carbonyl (C=O) groups is 1. The maximum Gasteiger partial charge on any atom is 0.416 e. The van der Waals surface area contributed by atoms with Gasteiger partial charge in [0.05, 0.1) is 11.8 Å². The third-order valence-corrected chi connectivity index (χ3v) is 7.28. The highest BCUT2D eigenvalue weighted by Crippen LogP contribution is 2.53. The maximum absolute atomic E-state index is 13.1. The first kappa shape index (κ1) is 20.4. The third kappa shape index (κ3) is 3.92. The number of rotatable bonds is 5. The molecule has 4 aliphatic rings. The van der Waals surface area contributed by atoms with Crippen LogP contribution < -0.4 is 10.1 Å². The highest BCUT2D eigenvalue weighted by molar-refractivity contribution is 5.96. The Kier molecular flexibility index (Phi) is 4.98. The van der Waals surface area contributed by atoms with Crippen molar-refractivity contribution < 1.29 is 22.7 Å². The molecule has 0 radical (unpaired) electrons. The molecule has 166 valence electrons. The van der Waals surface area contributed by atoms with Gasteiger partial charge in [-0.05, 0) is 73.5 Å². The van der Waals surface area contributed by atoms with E-state index < -0.39 is 11.7 Å². The predicted octanol–water partition coefficient (Wildman–Crippen LogP) is 4.57. The zero-order valence-corrected chi connectivity index (χ0v) is 17.4. The van der Waals surface area contributed by atoms with Gasteiger partial charge in [0.25, 0.3) is 5.91 Å². The molecule has 0 aliphatic heterocycles. The third-order valence-electron chi connectivity index (χ3n) is 7.28. The molecule has 0 atom stereocenters. The molecule has 4 aliphatic carbocycles. The number of alkyl halides is 3. The summed E-state index contributed by atoms with van der Waals surface area (Å²) in [6, 6.07) is 5.20. The Morgan fingerprint density at radius 2 is 1.84 bits per heavy atom. The van der Waals surface area contributed by atoms with E-state index >= 15 is 0 Å². The zero-order chi connectivity index (χ0) is 21.8. The second kappa shape index (κ2) is 7.57. The lowest BCUT2D eigenvalue weighted by molar-refractivity contribution is -0.137. The number of hydrogen-bond acceptors (Lipinski definition) is 3. The molecule has 31 heavy (non-hydrogen) atoms. The molecule has 8 heteroatoms. The molecule has 1 amide bonds. The molecule has 6 rings (SSSR count). The van der Waals surface area contributed by atoms with Crippen molar-refractivity contribution in [3.8, 4) is 5.88 Å². The van der Waals surface area contributed by atoms with Crippen molar-refractivity contribution in [2.45, 2.75) is 50.9 Å². The van der Waals surface area contributed by atoms with E-state index in [4.69, 9.17) is 4.74 Å². The van der Waals surface area contributed by atoms with E-state index in [-0.39, 0.29) is 24.4 Å². The minimum atomic E-state index is -4.41. The number of hydrogen-bond donors (Lipinski definition) is 1. The van der Waals surface area contributed by atoms with Crippen LogP contribution in [-0.2, 0) is 19.8 Å². The Balaban J connectivity index is 1.28. The van der Waals surface area contributed by atoms with Crippen molar-refractivity contribution in [2.75, 3.05) is 0 Å². The summed E-state index contributed by atoms with van der Waals surface area (Å²) in [5.74, 6) is 2.78. The lowest BCUT2D eigenvalue weighted by Gasteiger charge is -2.54. The molecule has 5 nitrogen and oxygen atoms in total. The normalized spacial score (nSPS) is 29.2. The van der Waals surface area contributed by atoms with Crippen LogP contribution in [0.3, 0.4) is 0 Å². The van der Waals surface area contributed by atoms with Gasteiger partial charge in [-0.1, -0.05) is 12.1 Å². The molecule has 0 spiro atoms. The van der Waals surface area contributed by atoms with Gasteiger partial charge in [0.15, 0.2) is 0 Å². The number of nitrogens with zero attached hydrogens (tertiary/aromatic N) is 2. The van der Waals surface area contributed by atoms with E-state index in [0.717, 1.165) is 24.0 Å². The lowest BCUT2D eigenvalue weighted by Crippen LogP contribution is -2.55. The lowest BCUT2D eigenvalue weighted by atomic mass is 9.54. The van der Waals surface area contributed by atoms with E-state index in [1.807, 2.05) is 0 Å². The van der Waals surface area contributed by atoms with Crippen LogP contribution in [0.2, 0.25) is 0 Å². The van der Waals surface area contributed by atoms with Crippen LogP contribution in [0.4, 0.5) is 13.2 Å². The summed E-state index contributed by atoms with van der Waals surface area (Å²) >= 11 is 0. The molecule has 1 N–H and O–H groups in total. The average Bonchev–Trinajstić information content (AvgIpc) is 3.08. The number of nitrogens with one attached hydrogen (secondary N) is 1. The highest BCUT2D eigenvalue weighted by Gasteiger charge is 2.48. The number of benzene rings is 1. The fraction of sp³-hybridized carbons (Fsp3) is 0.565. The number of ether oxygens (including phenoxy) is 1. The van der Waals surface area contributed by atoms with Gasteiger partial charge in [-0.25, -0.2) is 4.68 Å². The van der Waals surface area contributed by atoms with E-state index in [2.05, 4.69) is 10.4 Å². The van der Waals surface area contributed by atoms with Gasteiger partial charge >= 0.3 is 6.18 Å².